The molecule has 1 aliphatic rings. The number of rotatable bonds is 4. The molecule has 0 saturated carbocycles. The molecule has 0 aromatic heterocycles. The Balaban J connectivity index is 2.22. The van der Waals surface area contributed by atoms with Crippen molar-refractivity contribution in [3.05, 3.63) is 27.7 Å². The van der Waals surface area contributed by atoms with Crippen molar-refractivity contribution in [2.75, 3.05) is 13.7 Å². The first-order valence-electron chi connectivity index (χ1n) is 5.14. The number of benzene rings is 1. The maximum atomic E-state index is 11.3. The van der Waals surface area contributed by atoms with Gasteiger partial charge in [0.05, 0.1) is 6.61 Å². The Labute approximate surface area is 109 Å². The molecule has 17 heavy (non-hydrogen) atoms. The standard InChI is InChI=1S/C10H13BrN2O3S/c1-12-17(14,15)13-6-8-5-9(11)4-7-2-3-16-10(7)8/h4-5,12-13H,2-3,6H2,1H3. The van der Waals surface area contributed by atoms with Crippen LogP contribution in [0.4, 0.5) is 0 Å². The van der Waals surface area contributed by atoms with E-state index in [1.807, 2.05) is 12.1 Å². The fourth-order valence-electron chi connectivity index (χ4n) is 1.72. The van der Waals surface area contributed by atoms with Gasteiger partial charge in [0.25, 0.3) is 10.2 Å². The molecule has 0 saturated heterocycles. The second kappa shape index (κ2) is 4.93. The molecule has 1 aromatic rings. The quantitative estimate of drug-likeness (QED) is 0.867. The molecular weight excluding hydrogens is 308 g/mol. The normalized spacial score (nSPS) is 14.5. The molecule has 0 spiro atoms. The molecule has 0 unspecified atom stereocenters. The first-order valence-corrected chi connectivity index (χ1v) is 7.41. The predicted molar refractivity (Wildman–Crippen MR) is 68.2 cm³/mol. The Bertz CT molecular complexity index is 531. The third-order valence-corrected chi connectivity index (χ3v) is 4.07. The van der Waals surface area contributed by atoms with Crippen LogP contribution >= 0.6 is 15.9 Å². The van der Waals surface area contributed by atoms with Crippen molar-refractivity contribution in [3.8, 4) is 5.75 Å². The molecule has 0 bridgehead atoms. The van der Waals surface area contributed by atoms with Gasteiger partial charge in [0.1, 0.15) is 5.75 Å². The Morgan fingerprint density at radius 2 is 2.24 bits per heavy atom. The van der Waals surface area contributed by atoms with Crippen LogP contribution in [-0.4, -0.2) is 22.1 Å². The Hall–Kier alpha value is -0.630. The summed E-state index contributed by atoms with van der Waals surface area (Å²) in [5, 5.41) is 0. The lowest BCUT2D eigenvalue weighted by atomic mass is 10.1. The third kappa shape index (κ3) is 2.98. The van der Waals surface area contributed by atoms with Crippen molar-refractivity contribution in [1.29, 1.82) is 0 Å². The smallest absolute Gasteiger partial charge is 0.276 e. The molecule has 94 valence electrons. The average molecular weight is 321 g/mol. The summed E-state index contributed by atoms with van der Waals surface area (Å²) in [4.78, 5) is 0. The molecule has 0 aliphatic carbocycles. The summed E-state index contributed by atoms with van der Waals surface area (Å²) in [5.74, 6) is 0.798. The van der Waals surface area contributed by atoms with Crippen molar-refractivity contribution in [3.63, 3.8) is 0 Å². The number of halogens is 1. The zero-order valence-corrected chi connectivity index (χ0v) is 11.7. The Kier molecular flexibility index (Phi) is 3.72. The van der Waals surface area contributed by atoms with Crippen molar-refractivity contribution < 1.29 is 13.2 Å². The van der Waals surface area contributed by atoms with Gasteiger partial charge in [-0.1, -0.05) is 15.9 Å². The summed E-state index contributed by atoms with van der Waals surface area (Å²) < 4.78 is 33.6. The van der Waals surface area contributed by atoms with Crippen molar-refractivity contribution in [1.82, 2.24) is 9.44 Å². The topological polar surface area (TPSA) is 67.4 Å². The van der Waals surface area contributed by atoms with Crippen LogP contribution in [0.15, 0.2) is 16.6 Å². The van der Waals surface area contributed by atoms with Gasteiger partial charge in [0, 0.05) is 30.0 Å². The fraction of sp³-hybridized carbons (Fsp3) is 0.400. The third-order valence-electron chi connectivity index (χ3n) is 2.55. The van der Waals surface area contributed by atoms with Gasteiger partial charge < -0.3 is 4.74 Å². The average Bonchev–Trinajstić information content (AvgIpc) is 2.73. The molecule has 7 heteroatoms. The lowest BCUT2D eigenvalue weighted by Gasteiger charge is -2.10. The van der Waals surface area contributed by atoms with E-state index in [1.165, 1.54) is 7.05 Å². The molecule has 1 aliphatic heterocycles. The van der Waals surface area contributed by atoms with E-state index in [-0.39, 0.29) is 6.54 Å². The van der Waals surface area contributed by atoms with Crippen molar-refractivity contribution in [2.24, 2.45) is 0 Å². The molecule has 1 heterocycles. The van der Waals surface area contributed by atoms with Crippen LogP contribution in [0.5, 0.6) is 5.75 Å². The van der Waals surface area contributed by atoms with Gasteiger partial charge >= 0.3 is 0 Å². The van der Waals surface area contributed by atoms with E-state index < -0.39 is 10.2 Å². The van der Waals surface area contributed by atoms with E-state index in [2.05, 4.69) is 25.4 Å². The summed E-state index contributed by atoms with van der Waals surface area (Å²) in [5.41, 5.74) is 1.95. The molecule has 0 fully saturated rings. The van der Waals surface area contributed by atoms with Crippen LogP contribution in [0.25, 0.3) is 0 Å². The number of hydrogen-bond acceptors (Lipinski definition) is 3. The first kappa shape index (κ1) is 12.8. The summed E-state index contributed by atoms with van der Waals surface area (Å²) in [6, 6.07) is 3.86. The predicted octanol–water partition coefficient (Wildman–Crippen LogP) is 0.938. The summed E-state index contributed by atoms with van der Waals surface area (Å²) in [7, 11) is -2.05. The lowest BCUT2D eigenvalue weighted by molar-refractivity contribution is 0.353. The highest BCUT2D eigenvalue weighted by molar-refractivity contribution is 9.10. The second-order valence-electron chi connectivity index (χ2n) is 3.68. The van der Waals surface area contributed by atoms with Gasteiger partial charge in [-0.15, -0.1) is 0 Å². The highest BCUT2D eigenvalue weighted by atomic mass is 79.9. The molecule has 5 nitrogen and oxygen atoms in total. The van der Waals surface area contributed by atoms with Gasteiger partial charge in [-0.05, 0) is 17.7 Å². The zero-order chi connectivity index (χ0) is 12.5. The number of fused-ring (bicyclic) bond motifs is 1. The van der Waals surface area contributed by atoms with Crippen LogP contribution in [0.1, 0.15) is 11.1 Å². The zero-order valence-electron chi connectivity index (χ0n) is 9.29. The maximum Gasteiger partial charge on any atom is 0.276 e. The van der Waals surface area contributed by atoms with Crippen LogP contribution in [0.2, 0.25) is 0 Å². The molecule has 1 aromatic carbocycles. The Morgan fingerprint density at radius 3 is 2.94 bits per heavy atom. The summed E-state index contributed by atoms with van der Waals surface area (Å²) in [6.45, 7) is 0.864. The van der Waals surface area contributed by atoms with Gasteiger partial charge in [-0.3, -0.25) is 0 Å². The van der Waals surface area contributed by atoms with Crippen molar-refractivity contribution >= 4 is 26.1 Å². The largest absolute Gasteiger partial charge is 0.493 e. The van der Waals surface area contributed by atoms with E-state index in [0.29, 0.717) is 6.61 Å². The minimum Gasteiger partial charge on any atom is -0.493 e. The summed E-state index contributed by atoms with van der Waals surface area (Å²) >= 11 is 3.40. The molecule has 2 N–H and O–H groups in total. The highest BCUT2D eigenvalue weighted by Crippen LogP contribution is 2.32. The van der Waals surface area contributed by atoms with E-state index in [9.17, 15) is 8.42 Å². The number of ether oxygens (including phenoxy) is 1. The monoisotopic (exact) mass is 320 g/mol. The van der Waals surface area contributed by atoms with Gasteiger partial charge in [-0.25, -0.2) is 4.72 Å². The summed E-state index contributed by atoms with van der Waals surface area (Å²) in [6.07, 6.45) is 0.862. The van der Waals surface area contributed by atoms with Crippen LogP contribution in [0, 0.1) is 0 Å². The highest BCUT2D eigenvalue weighted by Gasteiger charge is 2.18. The molecule has 0 amide bonds. The second-order valence-corrected chi connectivity index (χ2v) is 6.30. The van der Waals surface area contributed by atoms with Gasteiger partial charge in [-0.2, -0.15) is 13.1 Å². The van der Waals surface area contributed by atoms with Gasteiger partial charge in [0.2, 0.25) is 0 Å². The van der Waals surface area contributed by atoms with Crippen molar-refractivity contribution in [2.45, 2.75) is 13.0 Å². The van der Waals surface area contributed by atoms with E-state index in [0.717, 1.165) is 27.8 Å². The van der Waals surface area contributed by atoms with Crippen LogP contribution in [0.3, 0.4) is 0 Å². The van der Waals surface area contributed by atoms with E-state index >= 15 is 0 Å². The maximum absolute atomic E-state index is 11.3. The molecule has 0 atom stereocenters. The van der Waals surface area contributed by atoms with Crippen LogP contribution < -0.4 is 14.2 Å². The van der Waals surface area contributed by atoms with Crippen LogP contribution in [-0.2, 0) is 23.2 Å². The minimum atomic E-state index is -3.42. The SMILES string of the molecule is CNS(=O)(=O)NCc1cc(Br)cc2c1OCC2. The fourth-order valence-corrected chi connectivity index (χ4v) is 2.76. The minimum absolute atomic E-state index is 0.213. The number of nitrogens with one attached hydrogen (secondary N) is 2. The van der Waals surface area contributed by atoms with Gasteiger partial charge in [0.15, 0.2) is 0 Å². The molecule has 2 rings (SSSR count). The molecular formula is C10H13BrN2O3S. The first-order chi connectivity index (χ1) is 8.02. The number of hydrogen-bond donors (Lipinski definition) is 2. The van der Waals surface area contributed by atoms with E-state index in [1.54, 1.807) is 0 Å². The lowest BCUT2D eigenvalue weighted by Crippen LogP contribution is -2.33. The van der Waals surface area contributed by atoms with E-state index in [4.69, 9.17) is 4.74 Å². The molecule has 0 radical (unpaired) electrons. The Morgan fingerprint density at radius 1 is 1.47 bits per heavy atom.